The van der Waals surface area contributed by atoms with Crippen molar-refractivity contribution in [1.29, 1.82) is 0 Å². The van der Waals surface area contributed by atoms with Crippen LogP contribution in [0.25, 0.3) is 0 Å². The number of carbonyl (C=O) groups excluding carboxylic acids is 2. The summed E-state index contributed by atoms with van der Waals surface area (Å²) in [5, 5.41) is 10.2. The Labute approximate surface area is 180 Å². The third-order valence-electron chi connectivity index (χ3n) is 4.95. The Kier molecular flexibility index (Phi) is 7.42. The molecule has 0 amide bonds. The molecule has 166 valence electrons. The molecule has 2 aromatic carbocycles. The number of hydrogen-bond donors (Lipinski definition) is 1. The van der Waals surface area contributed by atoms with Crippen LogP contribution in [-0.4, -0.2) is 56.6 Å². The van der Waals surface area contributed by atoms with Crippen LogP contribution in [0.5, 0.6) is 0 Å². The summed E-state index contributed by atoms with van der Waals surface area (Å²) in [5.41, 5.74) is 0.639. The SMILES string of the molecule is CS(=O)(=O)O[C@H]1C[C@H](O)C[C@@H](OC(=O)c2ccccc2)[C@@H]1COC(=O)c1ccccc1. The fourth-order valence-corrected chi connectivity index (χ4v) is 4.19. The third kappa shape index (κ3) is 6.61. The van der Waals surface area contributed by atoms with Crippen LogP contribution < -0.4 is 0 Å². The lowest BCUT2D eigenvalue weighted by molar-refractivity contribution is -0.0869. The molecule has 0 unspecified atom stereocenters. The highest BCUT2D eigenvalue weighted by Crippen LogP contribution is 2.32. The number of aliphatic hydroxyl groups is 1. The summed E-state index contributed by atoms with van der Waals surface area (Å²) in [5.74, 6) is -2.01. The molecule has 1 N–H and O–H groups in total. The van der Waals surface area contributed by atoms with E-state index in [1.54, 1.807) is 60.7 Å². The van der Waals surface area contributed by atoms with Gasteiger partial charge in [0.25, 0.3) is 10.1 Å². The highest BCUT2D eigenvalue weighted by atomic mass is 32.2. The van der Waals surface area contributed by atoms with Gasteiger partial charge in [0.05, 0.1) is 35.5 Å². The van der Waals surface area contributed by atoms with E-state index in [0.29, 0.717) is 11.1 Å². The topological polar surface area (TPSA) is 116 Å². The Morgan fingerprint density at radius 2 is 1.42 bits per heavy atom. The summed E-state index contributed by atoms with van der Waals surface area (Å²) in [6.45, 7) is -0.243. The molecule has 0 saturated heterocycles. The number of carbonyl (C=O) groups is 2. The minimum Gasteiger partial charge on any atom is -0.462 e. The van der Waals surface area contributed by atoms with Crippen LogP contribution in [0, 0.1) is 5.92 Å². The Hall–Kier alpha value is -2.75. The van der Waals surface area contributed by atoms with Crippen molar-refractivity contribution in [3.05, 3.63) is 71.8 Å². The summed E-state index contributed by atoms with van der Waals surface area (Å²) in [6.07, 6.45) is -1.91. The van der Waals surface area contributed by atoms with Crippen LogP contribution in [0.1, 0.15) is 33.6 Å². The summed E-state index contributed by atoms with van der Waals surface area (Å²) in [7, 11) is -3.87. The summed E-state index contributed by atoms with van der Waals surface area (Å²) in [4.78, 5) is 24.9. The molecule has 31 heavy (non-hydrogen) atoms. The normalized spacial score (nSPS) is 23.7. The molecule has 0 bridgehead atoms. The van der Waals surface area contributed by atoms with Crippen molar-refractivity contribution in [2.75, 3.05) is 12.9 Å². The monoisotopic (exact) mass is 448 g/mol. The second-order valence-electron chi connectivity index (χ2n) is 7.40. The molecule has 3 rings (SSSR count). The average molecular weight is 448 g/mol. The standard InChI is InChI=1S/C22H24O8S/c1-31(26,27)30-20-13-17(23)12-19(29-22(25)16-10-6-3-7-11-16)18(20)14-28-21(24)15-8-4-2-5-9-15/h2-11,17-20,23H,12-14H2,1H3/t17-,18+,19-,20+/m1/s1. The van der Waals surface area contributed by atoms with Gasteiger partial charge in [0.2, 0.25) is 0 Å². The Morgan fingerprint density at radius 3 is 1.97 bits per heavy atom. The Bertz CT molecular complexity index is 991. The molecule has 1 aliphatic rings. The van der Waals surface area contributed by atoms with Gasteiger partial charge >= 0.3 is 11.9 Å². The largest absolute Gasteiger partial charge is 0.462 e. The molecule has 0 radical (unpaired) electrons. The zero-order valence-electron chi connectivity index (χ0n) is 16.9. The van der Waals surface area contributed by atoms with Gasteiger partial charge in [0.15, 0.2) is 0 Å². The maximum Gasteiger partial charge on any atom is 0.338 e. The molecule has 1 saturated carbocycles. The maximum absolute atomic E-state index is 12.5. The number of ether oxygens (including phenoxy) is 2. The van der Waals surface area contributed by atoms with E-state index in [-0.39, 0.29) is 19.4 Å². The molecule has 0 heterocycles. The number of esters is 2. The van der Waals surface area contributed by atoms with Gasteiger partial charge in [0.1, 0.15) is 12.7 Å². The lowest BCUT2D eigenvalue weighted by Gasteiger charge is -2.38. The molecule has 0 aliphatic heterocycles. The summed E-state index contributed by atoms with van der Waals surface area (Å²) < 4.78 is 39.6. The van der Waals surface area contributed by atoms with Gasteiger partial charge in [-0.1, -0.05) is 36.4 Å². The average Bonchev–Trinajstić information content (AvgIpc) is 2.73. The number of rotatable bonds is 7. The van der Waals surface area contributed by atoms with Gasteiger partial charge < -0.3 is 14.6 Å². The molecule has 9 heteroatoms. The molecule has 1 fully saturated rings. The molecule has 2 aromatic rings. The van der Waals surface area contributed by atoms with Crippen molar-refractivity contribution in [2.45, 2.75) is 31.2 Å². The molecule has 0 aromatic heterocycles. The summed E-state index contributed by atoms with van der Waals surface area (Å²) in [6, 6.07) is 16.6. The van der Waals surface area contributed by atoms with E-state index in [1.165, 1.54) is 0 Å². The van der Waals surface area contributed by atoms with Crippen LogP contribution in [0.2, 0.25) is 0 Å². The van der Waals surface area contributed by atoms with Gasteiger partial charge in [-0.25, -0.2) is 9.59 Å². The second kappa shape index (κ2) is 10.0. The predicted octanol–water partition coefficient (Wildman–Crippen LogP) is 2.18. The number of hydrogen-bond acceptors (Lipinski definition) is 8. The van der Waals surface area contributed by atoms with Crippen LogP contribution in [0.4, 0.5) is 0 Å². The third-order valence-corrected chi connectivity index (χ3v) is 5.54. The van der Waals surface area contributed by atoms with Crippen LogP contribution in [0.3, 0.4) is 0 Å². The van der Waals surface area contributed by atoms with E-state index in [1.807, 2.05) is 0 Å². The van der Waals surface area contributed by atoms with Crippen molar-refractivity contribution in [3.63, 3.8) is 0 Å². The number of benzene rings is 2. The first-order valence-corrected chi connectivity index (χ1v) is 11.6. The van der Waals surface area contributed by atoms with E-state index in [2.05, 4.69) is 0 Å². The van der Waals surface area contributed by atoms with E-state index < -0.39 is 46.3 Å². The fourth-order valence-electron chi connectivity index (χ4n) is 3.52. The lowest BCUT2D eigenvalue weighted by atomic mass is 9.82. The van der Waals surface area contributed by atoms with E-state index in [0.717, 1.165) is 6.26 Å². The van der Waals surface area contributed by atoms with E-state index in [4.69, 9.17) is 13.7 Å². The molecule has 1 aliphatic carbocycles. The quantitative estimate of drug-likeness (QED) is 0.506. The number of aliphatic hydroxyl groups excluding tert-OH is 1. The van der Waals surface area contributed by atoms with Crippen LogP contribution in [-0.2, 0) is 23.8 Å². The first-order valence-electron chi connectivity index (χ1n) is 9.77. The van der Waals surface area contributed by atoms with Gasteiger partial charge in [-0.15, -0.1) is 0 Å². The summed E-state index contributed by atoms with van der Waals surface area (Å²) >= 11 is 0. The van der Waals surface area contributed by atoms with Crippen LogP contribution >= 0.6 is 0 Å². The molecular weight excluding hydrogens is 424 g/mol. The van der Waals surface area contributed by atoms with Gasteiger partial charge in [0, 0.05) is 12.8 Å². The highest BCUT2D eigenvalue weighted by molar-refractivity contribution is 7.86. The highest BCUT2D eigenvalue weighted by Gasteiger charge is 2.42. The molecule has 4 atom stereocenters. The van der Waals surface area contributed by atoms with Crippen molar-refractivity contribution >= 4 is 22.1 Å². The van der Waals surface area contributed by atoms with Gasteiger partial charge in [-0.2, -0.15) is 8.42 Å². The van der Waals surface area contributed by atoms with E-state index >= 15 is 0 Å². The van der Waals surface area contributed by atoms with Crippen molar-refractivity contribution in [2.24, 2.45) is 5.92 Å². The van der Waals surface area contributed by atoms with Crippen molar-refractivity contribution < 1.29 is 36.8 Å². The first-order chi connectivity index (χ1) is 14.7. The van der Waals surface area contributed by atoms with Crippen molar-refractivity contribution in [3.8, 4) is 0 Å². The first kappa shape index (κ1) is 22.9. The smallest absolute Gasteiger partial charge is 0.338 e. The van der Waals surface area contributed by atoms with E-state index in [9.17, 15) is 23.1 Å². The molecule has 8 nitrogen and oxygen atoms in total. The Balaban J connectivity index is 1.79. The Morgan fingerprint density at radius 1 is 0.903 bits per heavy atom. The van der Waals surface area contributed by atoms with Crippen molar-refractivity contribution in [1.82, 2.24) is 0 Å². The molecule has 0 spiro atoms. The van der Waals surface area contributed by atoms with Gasteiger partial charge in [-0.05, 0) is 24.3 Å². The minimum absolute atomic E-state index is 0.0000115. The zero-order chi connectivity index (χ0) is 22.4. The lowest BCUT2D eigenvalue weighted by Crippen LogP contribution is -2.48. The minimum atomic E-state index is -3.87. The predicted molar refractivity (Wildman–Crippen MR) is 111 cm³/mol. The fraction of sp³-hybridized carbons (Fsp3) is 0.364. The second-order valence-corrected chi connectivity index (χ2v) is 9.00. The van der Waals surface area contributed by atoms with Crippen LogP contribution in [0.15, 0.2) is 60.7 Å². The molecular formula is C22H24O8S. The zero-order valence-corrected chi connectivity index (χ0v) is 17.7. The maximum atomic E-state index is 12.5. The van der Waals surface area contributed by atoms with Gasteiger partial charge in [-0.3, -0.25) is 4.18 Å².